The molecule has 2 aromatic rings. The van der Waals surface area contributed by atoms with Crippen molar-refractivity contribution < 1.29 is 4.74 Å². The van der Waals surface area contributed by atoms with E-state index in [1.54, 1.807) is 7.11 Å². The number of H-pyrrole nitrogens is 1. The van der Waals surface area contributed by atoms with Crippen LogP contribution >= 0.6 is 15.9 Å². The normalized spacial score (nSPS) is 11.0. The molecule has 0 aliphatic rings. The predicted molar refractivity (Wildman–Crippen MR) is 70.1 cm³/mol. The van der Waals surface area contributed by atoms with E-state index in [0.29, 0.717) is 0 Å². The molecular formula is C12H15BrN2O. The SMILES string of the molecule is CNCc1[nH]c2c(C)cc(OC)cc2c1Br. The van der Waals surface area contributed by atoms with Crippen molar-refractivity contribution >= 4 is 26.8 Å². The summed E-state index contributed by atoms with van der Waals surface area (Å²) in [5, 5.41) is 4.31. The topological polar surface area (TPSA) is 37.0 Å². The summed E-state index contributed by atoms with van der Waals surface area (Å²) in [6, 6.07) is 4.08. The van der Waals surface area contributed by atoms with Gasteiger partial charge in [-0.3, -0.25) is 0 Å². The third kappa shape index (κ3) is 1.83. The minimum atomic E-state index is 0.816. The Morgan fingerprint density at radius 3 is 2.81 bits per heavy atom. The van der Waals surface area contributed by atoms with E-state index in [4.69, 9.17) is 4.74 Å². The molecule has 0 aliphatic heterocycles. The molecule has 0 bridgehead atoms. The van der Waals surface area contributed by atoms with Crippen molar-refractivity contribution in [2.24, 2.45) is 0 Å². The largest absolute Gasteiger partial charge is 0.497 e. The molecule has 86 valence electrons. The Bertz CT molecular complexity index is 519. The van der Waals surface area contributed by atoms with Gasteiger partial charge in [0.1, 0.15) is 5.75 Å². The summed E-state index contributed by atoms with van der Waals surface area (Å²) in [5.74, 6) is 0.890. The van der Waals surface area contributed by atoms with Gasteiger partial charge >= 0.3 is 0 Å². The molecule has 1 aromatic heterocycles. The van der Waals surface area contributed by atoms with Crippen LogP contribution in [0.5, 0.6) is 5.75 Å². The first-order valence-corrected chi connectivity index (χ1v) is 5.96. The number of benzene rings is 1. The second kappa shape index (κ2) is 4.47. The van der Waals surface area contributed by atoms with Crippen LogP contribution in [-0.2, 0) is 6.54 Å². The highest BCUT2D eigenvalue weighted by Gasteiger charge is 2.11. The van der Waals surface area contributed by atoms with Crippen LogP contribution in [0.2, 0.25) is 0 Å². The summed E-state index contributed by atoms with van der Waals surface area (Å²) in [7, 11) is 3.63. The van der Waals surface area contributed by atoms with Gasteiger partial charge in [0, 0.05) is 22.1 Å². The number of aromatic amines is 1. The summed E-state index contributed by atoms with van der Waals surface area (Å²) in [6.45, 7) is 2.90. The number of hydrogen-bond acceptors (Lipinski definition) is 2. The Labute approximate surface area is 103 Å². The Balaban J connectivity index is 2.66. The summed E-state index contributed by atoms with van der Waals surface area (Å²) in [5.41, 5.74) is 3.52. The number of nitrogens with one attached hydrogen (secondary N) is 2. The molecule has 2 N–H and O–H groups in total. The molecule has 4 heteroatoms. The number of aryl methyl sites for hydroxylation is 1. The standard InChI is InChI=1S/C12H15BrN2O/c1-7-4-8(16-3)5-9-11(13)10(6-14-2)15-12(7)9/h4-5,14-15H,6H2,1-3H3. The van der Waals surface area contributed by atoms with Crippen molar-refractivity contribution in [2.75, 3.05) is 14.2 Å². The maximum Gasteiger partial charge on any atom is 0.119 e. The van der Waals surface area contributed by atoms with E-state index >= 15 is 0 Å². The van der Waals surface area contributed by atoms with Crippen LogP contribution in [0, 0.1) is 6.92 Å². The van der Waals surface area contributed by atoms with E-state index in [9.17, 15) is 0 Å². The minimum absolute atomic E-state index is 0.816. The van der Waals surface area contributed by atoms with Gasteiger partial charge in [0.25, 0.3) is 0 Å². The van der Waals surface area contributed by atoms with Crippen LogP contribution in [0.3, 0.4) is 0 Å². The molecule has 0 radical (unpaired) electrons. The number of fused-ring (bicyclic) bond motifs is 1. The van der Waals surface area contributed by atoms with E-state index in [-0.39, 0.29) is 0 Å². The molecule has 1 aromatic carbocycles. The highest BCUT2D eigenvalue weighted by Crippen LogP contribution is 2.33. The van der Waals surface area contributed by atoms with E-state index in [1.807, 2.05) is 19.2 Å². The number of halogens is 1. The highest BCUT2D eigenvalue weighted by atomic mass is 79.9. The van der Waals surface area contributed by atoms with Gasteiger partial charge in [-0.2, -0.15) is 0 Å². The second-order valence-electron chi connectivity index (χ2n) is 3.81. The van der Waals surface area contributed by atoms with Crippen LogP contribution in [0.25, 0.3) is 10.9 Å². The molecular weight excluding hydrogens is 268 g/mol. The zero-order valence-corrected chi connectivity index (χ0v) is 11.2. The maximum absolute atomic E-state index is 5.28. The first-order chi connectivity index (χ1) is 7.67. The summed E-state index contributed by atoms with van der Waals surface area (Å²) in [6.07, 6.45) is 0. The van der Waals surface area contributed by atoms with E-state index in [1.165, 1.54) is 10.9 Å². The number of ether oxygens (including phenoxy) is 1. The molecule has 16 heavy (non-hydrogen) atoms. The second-order valence-corrected chi connectivity index (χ2v) is 4.61. The Morgan fingerprint density at radius 1 is 1.44 bits per heavy atom. The number of hydrogen-bond donors (Lipinski definition) is 2. The molecule has 0 saturated heterocycles. The maximum atomic E-state index is 5.28. The number of rotatable bonds is 3. The molecule has 3 nitrogen and oxygen atoms in total. The third-order valence-corrected chi connectivity index (χ3v) is 3.58. The van der Waals surface area contributed by atoms with Gasteiger partial charge in [-0.15, -0.1) is 0 Å². The van der Waals surface area contributed by atoms with E-state index in [0.717, 1.165) is 28.0 Å². The zero-order chi connectivity index (χ0) is 11.7. The van der Waals surface area contributed by atoms with Crippen molar-refractivity contribution in [3.8, 4) is 5.75 Å². The van der Waals surface area contributed by atoms with Crippen molar-refractivity contribution in [3.05, 3.63) is 27.9 Å². The van der Waals surface area contributed by atoms with Crippen molar-refractivity contribution in [2.45, 2.75) is 13.5 Å². The lowest BCUT2D eigenvalue weighted by Gasteiger charge is -2.02. The fourth-order valence-corrected chi connectivity index (χ4v) is 2.43. The lowest BCUT2D eigenvalue weighted by Crippen LogP contribution is -2.05. The van der Waals surface area contributed by atoms with Crippen molar-refractivity contribution in [1.29, 1.82) is 0 Å². The molecule has 0 saturated carbocycles. The summed E-state index contributed by atoms with van der Waals surface area (Å²) < 4.78 is 6.39. The predicted octanol–water partition coefficient (Wildman–Crippen LogP) is 2.97. The molecule has 0 fully saturated rings. The smallest absolute Gasteiger partial charge is 0.119 e. The van der Waals surface area contributed by atoms with Gasteiger partial charge in [-0.05, 0) is 47.6 Å². The van der Waals surface area contributed by atoms with Gasteiger partial charge < -0.3 is 15.0 Å². The van der Waals surface area contributed by atoms with Gasteiger partial charge in [-0.1, -0.05) is 0 Å². The fourth-order valence-electron chi connectivity index (χ4n) is 1.88. The summed E-state index contributed by atoms with van der Waals surface area (Å²) in [4.78, 5) is 3.42. The average molecular weight is 283 g/mol. The monoisotopic (exact) mass is 282 g/mol. The highest BCUT2D eigenvalue weighted by molar-refractivity contribution is 9.10. The first-order valence-electron chi connectivity index (χ1n) is 5.16. The first kappa shape index (κ1) is 11.5. The molecule has 0 atom stereocenters. The third-order valence-electron chi connectivity index (χ3n) is 2.68. The van der Waals surface area contributed by atoms with Crippen LogP contribution in [0.15, 0.2) is 16.6 Å². The molecule has 0 amide bonds. The van der Waals surface area contributed by atoms with Crippen LogP contribution < -0.4 is 10.1 Å². The Hall–Kier alpha value is -1.00. The lowest BCUT2D eigenvalue weighted by atomic mass is 10.1. The van der Waals surface area contributed by atoms with Crippen molar-refractivity contribution in [3.63, 3.8) is 0 Å². The van der Waals surface area contributed by atoms with Crippen molar-refractivity contribution in [1.82, 2.24) is 10.3 Å². The van der Waals surface area contributed by atoms with Gasteiger partial charge in [0.2, 0.25) is 0 Å². The van der Waals surface area contributed by atoms with Crippen LogP contribution in [-0.4, -0.2) is 19.1 Å². The molecule has 0 spiro atoms. The van der Waals surface area contributed by atoms with Gasteiger partial charge in [0.05, 0.1) is 12.6 Å². The minimum Gasteiger partial charge on any atom is -0.497 e. The number of methoxy groups -OCH3 is 1. The van der Waals surface area contributed by atoms with Crippen LogP contribution in [0.1, 0.15) is 11.3 Å². The zero-order valence-electron chi connectivity index (χ0n) is 9.65. The van der Waals surface area contributed by atoms with E-state index in [2.05, 4.69) is 33.2 Å². The quantitative estimate of drug-likeness (QED) is 0.908. The van der Waals surface area contributed by atoms with E-state index < -0.39 is 0 Å². The fraction of sp³-hybridized carbons (Fsp3) is 0.333. The molecule has 0 aliphatic carbocycles. The Kier molecular flexibility index (Phi) is 3.21. The number of aromatic nitrogens is 1. The Morgan fingerprint density at radius 2 is 2.19 bits per heavy atom. The lowest BCUT2D eigenvalue weighted by molar-refractivity contribution is 0.415. The van der Waals surface area contributed by atoms with Gasteiger partial charge in [0.15, 0.2) is 0 Å². The van der Waals surface area contributed by atoms with Gasteiger partial charge in [-0.25, -0.2) is 0 Å². The summed E-state index contributed by atoms with van der Waals surface area (Å²) >= 11 is 3.62. The molecule has 2 rings (SSSR count). The molecule has 1 heterocycles. The average Bonchev–Trinajstić information content (AvgIpc) is 2.58. The molecule has 0 unspecified atom stereocenters. The van der Waals surface area contributed by atoms with Crippen LogP contribution in [0.4, 0.5) is 0 Å².